The van der Waals surface area contributed by atoms with Crippen LogP contribution in [0.15, 0.2) is 121 Å². The third-order valence-corrected chi connectivity index (χ3v) is 15.8. The van der Waals surface area contributed by atoms with E-state index in [1.165, 1.54) is 19.4 Å². The van der Waals surface area contributed by atoms with Crippen molar-refractivity contribution >= 4 is 96.5 Å². The summed E-state index contributed by atoms with van der Waals surface area (Å²) < 4.78 is 0. The van der Waals surface area contributed by atoms with Crippen LogP contribution in [0.2, 0.25) is 0 Å². The third kappa shape index (κ3) is 17.5. The molecule has 7 rings (SSSR count). The fourth-order valence-electron chi connectivity index (χ4n) is 9.02. The number of aromatic nitrogens is 3. The van der Waals surface area contributed by atoms with E-state index in [-0.39, 0.29) is 62.5 Å². The average molecular weight is 1150 g/mol. The second kappa shape index (κ2) is 29.1. The van der Waals surface area contributed by atoms with E-state index in [4.69, 9.17) is 22.9 Å². The highest BCUT2D eigenvalue weighted by Gasteiger charge is 2.36. The number of hydrogen-bond donors (Lipinski definition) is 14. The number of hydrogen-bond acceptors (Lipinski definition) is 14. The van der Waals surface area contributed by atoms with Crippen LogP contribution in [0.3, 0.4) is 0 Å². The fourth-order valence-corrected chi connectivity index (χ4v) is 11.3. The number of fused-ring (bicyclic) bond motifs is 2. The van der Waals surface area contributed by atoms with E-state index in [9.17, 15) is 43.5 Å². The molecule has 81 heavy (non-hydrogen) atoms. The molecular weight excluding hydrogens is 1080 g/mol. The molecule has 0 unspecified atom stereocenters. The van der Waals surface area contributed by atoms with E-state index in [1.807, 2.05) is 60.7 Å². The van der Waals surface area contributed by atoms with Crippen molar-refractivity contribution in [2.45, 2.75) is 99.9 Å². The molecule has 1 aliphatic rings. The maximum atomic E-state index is 15.0. The Hall–Kier alpha value is -8.46. The number of carbonyl (C=O) groups is 8. The number of H-pyrrole nitrogens is 2. The minimum Gasteiger partial charge on any atom is -0.391 e. The van der Waals surface area contributed by atoms with Gasteiger partial charge in [-0.05, 0) is 59.7 Å². The highest BCUT2D eigenvalue weighted by molar-refractivity contribution is 8.76. The lowest BCUT2D eigenvalue weighted by molar-refractivity contribution is -0.135. The SMILES string of the molecule is C[C@@H](O)[C@H](NC(=O)[C@@H]1CSSC[C@H](NC(=O)[C@H](N)Cc2ccccc2)C(=O)N[C@@H](Cc2cnc[nH]2)C(=O)N[C@H](Cc2ccc3ccccc3c2)C(=O)N[C@@H](CCCN=C(N)N)C(=O)N[C@@H](Cc2c[nH]c3ccccc23)C(=O)N1)C(N)=O. The smallest absolute Gasteiger partial charge is 0.244 e. The normalized spacial score (nSPS) is 21.0. The van der Waals surface area contributed by atoms with E-state index >= 15 is 0 Å². The number of imidazole rings is 1. The van der Waals surface area contributed by atoms with Gasteiger partial charge in [0, 0.05) is 66.3 Å². The minimum atomic E-state index is -1.58. The Morgan fingerprint density at radius 2 is 1.35 bits per heavy atom. The standard InChI is InChI=1S/C55H67N15O9S2/c1-30(71)46(47(57)72)70-54(79)45-28-81-80-27-44(68-48(73)38(56)21-31-10-3-2-4-11-31)53(78)67-43(24-36-26-60-29-63-36)52(77)65-41(22-32-17-18-33-12-5-6-13-34(33)20-32)50(75)64-40(16-9-19-61-55(58)59)49(74)66-42(51(76)69-45)23-35-25-62-39-15-8-7-14-37(35)39/h2-8,10-15,17-18,20,25-26,29-30,38,40-46,62,71H,9,16,19,21-24,27-28,56H2,1H3,(H2,57,72)(H,60,63)(H,64,75)(H,65,77)(H,66,74)(H,67,78)(H,68,73)(H,69,76)(H,70,79)(H4,58,59,61)/t30-,38-,40+,41-,42+,43+,44+,45+,46+/m1/s1. The van der Waals surface area contributed by atoms with E-state index in [0.717, 1.165) is 48.8 Å². The molecule has 3 heterocycles. The van der Waals surface area contributed by atoms with Gasteiger partial charge in [-0.25, -0.2) is 4.98 Å². The average Bonchev–Trinajstić information content (AvgIpc) is 4.18. The van der Waals surface area contributed by atoms with Gasteiger partial charge in [0.1, 0.15) is 42.3 Å². The summed E-state index contributed by atoms with van der Waals surface area (Å²) in [5.74, 6) is -7.52. The molecule has 18 N–H and O–H groups in total. The van der Waals surface area contributed by atoms with E-state index < -0.39 is 102 Å². The number of aromatic amines is 2. The van der Waals surface area contributed by atoms with Gasteiger partial charge in [0.2, 0.25) is 47.3 Å². The minimum absolute atomic E-state index is 0.0408. The molecule has 1 aliphatic heterocycles. The second-order valence-corrected chi connectivity index (χ2v) is 22.1. The van der Waals surface area contributed by atoms with E-state index in [1.54, 1.807) is 42.6 Å². The molecule has 0 aliphatic carbocycles. The predicted molar refractivity (Wildman–Crippen MR) is 309 cm³/mol. The number of primary amides is 1. The number of amides is 8. The highest BCUT2D eigenvalue weighted by atomic mass is 33.1. The molecule has 8 amide bonds. The van der Waals surface area contributed by atoms with Crippen molar-refractivity contribution in [3.63, 3.8) is 0 Å². The summed E-state index contributed by atoms with van der Waals surface area (Å²) >= 11 is 0. The first-order valence-corrected chi connectivity index (χ1v) is 28.6. The summed E-state index contributed by atoms with van der Waals surface area (Å²) in [5.41, 5.74) is 26.4. The Morgan fingerprint density at radius 1 is 0.716 bits per heavy atom. The zero-order valence-electron chi connectivity index (χ0n) is 44.3. The molecule has 24 nitrogen and oxygen atoms in total. The molecule has 0 bridgehead atoms. The quantitative estimate of drug-likeness (QED) is 0.0220. The lowest BCUT2D eigenvalue weighted by Crippen LogP contribution is -2.61. The molecule has 0 spiro atoms. The lowest BCUT2D eigenvalue weighted by Gasteiger charge is -2.28. The molecule has 2 aromatic heterocycles. The summed E-state index contributed by atoms with van der Waals surface area (Å²) in [6.45, 7) is 1.28. The number of para-hydroxylation sites is 1. The number of nitrogens with two attached hydrogens (primary N) is 4. The maximum absolute atomic E-state index is 15.0. The van der Waals surface area contributed by atoms with Crippen molar-refractivity contribution in [1.82, 2.24) is 52.2 Å². The van der Waals surface area contributed by atoms with Crippen LogP contribution in [-0.2, 0) is 64.0 Å². The van der Waals surface area contributed by atoms with Crippen LogP contribution in [0.5, 0.6) is 0 Å². The number of nitrogens with one attached hydrogen (secondary N) is 9. The summed E-state index contributed by atoms with van der Waals surface area (Å²) in [4.78, 5) is 129. The molecule has 428 valence electrons. The number of aliphatic hydroxyl groups excluding tert-OH is 1. The van der Waals surface area contributed by atoms with Gasteiger partial charge in [-0.3, -0.25) is 43.3 Å². The number of aliphatic hydroxyl groups is 1. The molecule has 0 radical (unpaired) electrons. The molecule has 1 saturated heterocycles. The maximum Gasteiger partial charge on any atom is 0.244 e. The second-order valence-electron chi connectivity index (χ2n) is 19.5. The predicted octanol–water partition coefficient (Wildman–Crippen LogP) is -0.650. The van der Waals surface area contributed by atoms with Crippen LogP contribution >= 0.6 is 21.6 Å². The van der Waals surface area contributed by atoms with Gasteiger partial charge in [-0.15, -0.1) is 0 Å². The number of rotatable bonds is 18. The number of benzene rings is 4. The zero-order chi connectivity index (χ0) is 58.0. The molecule has 6 aromatic rings. The molecule has 1 fully saturated rings. The van der Waals surface area contributed by atoms with E-state index in [0.29, 0.717) is 16.8 Å². The van der Waals surface area contributed by atoms with Gasteiger partial charge < -0.3 is 75.2 Å². The Morgan fingerprint density at radius 3 is 2.05 bits per heavy atom. The Labute approximate surface area is 474 Å². The molecule has 9 atom stereocenters. The van der Waals surface area contributed by atoms with Gasteiger partial charge in [0.25, 0.3) is 0 Å². The van der Waals surface area contributed by atoms with Crippen LogP contribution in [0.25, 0.3) is 21.7 Å². The monoisotopic (exact) mass is 1150 g/mol. The number of aliphatic imine (C=N–C) groups is 1. The Bertz CT molecular complexity index is 3190. The third-order valence-electron chi connectivity index (χ3n) is 13.3. The number of carbonyl (C=O) groups excluding carboxylic acids is 8. The van der Waals surface area contributed by atoms with Crippen molar-refractivity contribution < 1.29 is 43.5 Å². The molecule has 26 heteroatoms. The largest absolute Gasteiger partial charge is 0.391 e. The molecule has 4 aromatic carbocycles. The number of nitrogens with zero attached hydrogens (tertiary/aromatic N) is 2. The number of guanidine groups is 1. The first-order valence-electron chi connectivity index (χ1n) is 26.1. The molecular formula is C55H67N15O9S2. The van der Waals surface area contributed by atoms with Crippen molar-refractivity contribution in [2.75, 3.05) is 18.1 Å². The lowest BCUT2D eigenvalue weighted by atomic mass is 9.99. The van der Waals surface area contributed by atoms with Crippen LogP contribution in [0, 0.1) is 0 Å². The van der Waals surface area contributed by atoms with Crippen molar-refractivity contribution in [2.24, 2.45) is 27.9 Å². The summed E-state index contributed by atoms with van der Waals surface area (Å²) in [6.07, 6.45) is 2.82. The summed E-state index contributed by atoms with van der Waals surface area (Å²) in [5, 5.41) is 32.0. The van der Waals surface area contributed by atoms with Gasteiger partial charge in [-0.2, -0.15) is 0 Å². The van der Waals surface area contributed by atoms with Crippen molar-refractivity contribution in [3.05, 3.63) is 138 Å². The summed E-state index contributed by atoms with van der Waals surface area (Å²) in [7, 11) is 2.01. The highest BCUT2D eigenvalue weighted by Crippen LogP contribution is 2.25. The Kier molecular flexibility index (Phi) is 21.6. The fraction of sp³-hybridized carbons (Fsp3) is 0.345. The van der Waals surface area contributed by atoms with Crippen LogP contribution in [0.1, 0.15) is 42.1 Å². The topological polar surface area (TPSA) is 402 Å². The zero-order valence-corrected chi connectivity index (χ0v) is 45.9. The van der Waals surface area contributed by atoms with Crippen molar-refractivity contribution in [3.8, 4) is 0 Å². The Balaban J connectivity index is 1.30. The van der Waals surface area contributed by atoms with Crippen LogP contribution < -0.4 is 60.2 Å². The van der Waals surface area contributed by atoms with Crippen LogP contribution in [0.4, 0.5) is 0 Å². The van der Waals surface area contributed by atoms with E-state index in [2.05, 4.69) is 57.2 Å². The van der Waals surface area contributed by atoms with Gasteiger partial charge in [0.05, 0.1) is 18.5 Å². The van der Waals surface area contributed by atoms with Gasteiger partial charge in [-0.1, -0.05) is 113 Å². The van der Waals surface area contributed by atoms with Crippen molar-refractivity contribution in [1.29, 1.82) is 0 Å². The first kappa shape index (κ1) is 60.2. The van der Waals surface area contributed by atoms with Crippen LogP contribution in [-0.4, -0.2) is 146 Å². The molecule has 0 saturated carbocycles. The summed E-state index contributed by atoms with van der Waals surface area (Å²) in [6, 6.07) is 18.1. The van der Waals surface area contributed by atoms with Gasteiger partial charge >= 0.3 is 0 Å². The van der Waals surface area contributed by atoms with Gasteiger partial charge in [0.15, 0.2) is 5.96 Å². The first-order chi connectivity index (χ1) is 38.9.